The number of hydrogen-bond donors (Lipinski definition) is 2. The van der Waals surface area contributed by atoms with E-state index in [-0.39, 0.29) is 11.5 Å². The number of aromatic carboxylic acids is 1. The molecule has 6 nitrogen and oxygen atoms in total. The average Bonchev–Trinajstić information content (AvgIpc) is 2.41. The lowest BCUT2D eigenvalue weighted by Gasteiger charge is -2.32. The summed E-state index contributed by atoms with van der Waals surface area (Å²) in [5.41, 5.74) is 4.30. The van der Waals surface area contributed by atoms with Crippen molar-refractivity contribution in [3.8, 4) is 0 Å². The minimum Gasteiger partial charge on any atom is -0.478 e. The van der Waals surface area contributed by atoms with Gasteiger partial charge in [0.1, 0.15) is 5.82 Å². The molecule has 2 rings (SSSR count). The Hall–Kier alpha value is -1.66. The maximum Gasteiger partial charge on any atom is 0.335 e. The van der Waals surface area contributed by atoms with Gasteiger partial charge in [0.2, 0.25) is 0 Å². The Morgan fingerprint density at radius 2 is 1.95 bits per heavy atom. The Balaban J connectivity index is 2.16. The van der Waals surface area contributed by atoms with Crippen molar-refractivity contribution >= 4 is 11.8 Å². The second-order valence-corrected chi connectivity index (χ2v) is 5.53. The molecule has 20 heavy (non-hydrogen) atoms. The van der Waals surface area contributed by atoms with Crippen LogP contribution in [0.1, 0.15) is 35.8 Å². The molecule has 1 aromatic heterocycles. The molecule has 0 aliphatic carbocycles. The topological polar surface area (TPSA) is 68.7 Å². The van der Waals surface area contributed by atoms with Gasteiger partial charge in [-0.1, -0.05) is 13.8 Å². The molecule has 1 aliphatic rings. The standard InChI is InChI=1S/C14H22N4O2/c1-10(2)12-8-11(14(19)20)9-13(15-12)16-18-6-4-17(3)5-7-18/h8-10H,4-7H2,1-3H3,(H,15,16)(H,19,20). The molecule has 0 spiro atoms. The molecule has 0 aromatic carbocycles. The number of carbonyl (C=O) groups is 1. The fraction of sp³-hybridized carbons (Fsp3) is 0.571. The zero-order valence-electron chi connectivity index (χ0n) is 12.3. The first-order chi connectivity index (χ1) is 9.45. The zero-order chi connectivity index (χ0) is 14.7. The fourth-order valence-corrected chi connectivity index (χ4v) is 2.11. The van der Waals surface area contributed by atoms with Crippen molar-refractivity contribution in [2.24, 2.45) is 0 Å². The largest absolute Gasteiger partial charge is 0.478 e. The summed E-state index contributed by atoms with van der Waals surface area (Å²) in [6.45, 7) is 7.78. The van der Waals surface area contributed by atoms with Crippen LogP contribution >= 0.6 is 0 Å². The lowest BCUT2D eigenvalue weighted by atomic mass is 10.1. The molecule has 0 bridgehead atoms. The Kier molecular flexibility index (Phi) is 4.57. The molecule has 0 amide bonds. The van der Waals surface area contributed by atoms with E-state index in [9.17, 15) is 9.90 Å². The Bertz CT molecular complexity index is 482. The maximum atomic E-state index is 11.2. The summed E-state index contributed by atoms with van der Waals surface area (Å²) in [7, 11) is 2.09. The number of pyridine rings is 1. The summed E-state index contributed by atoms with van der Waals surface area (Å²) in [5, 5.41) is 11.3. The highest BCUT2D eigenvalue weighted by molar-refractivity contribution is 5.88. The molecule has 1 saturated heterocycles. The van der Waals surface area contributed by atoms with Crippen molar-refractivity contribution in [1.29, 1.82) is 0 Å². The van der Waals surface area contributed by atoms with Crippen LogP contribution in [0.3, 0.4) is 0 Å². The molecule has 1 fully saturated rings. The lowest BCUT2D eigenvalue weighted by Crippen LogP contribution is -2.47. The number of hydrogen-bond acceptors (Lipinski definition) is 5. The third-order valence-corrected chi connectivity index (χ3v) is 3.46. The van der Waals surface area contributed by atoms with Crippen LogP contribution in [0.2, 0.25) is 0 Å². The van der Waals surface area contributed by atoms with Crippen molar-refractivity contribution in [3.05, 3.63) is 23.4 Å². The van der Waals surface area contributed by atoms with Crippen molar-refractivity contribution in [2.45, 2.75) is 19.8 Å². The number of rotatable bonds is 4. The van der Waals surface area contributed by atoms with E-state index in [0.29, 0.717) is 5.82 Å². The van der Waals surface area contributed by atoms with Gasteiger partial charge in [-0.05, 0) is 25.1 Å². The van der Waals surface area contributed by atoms with E-state index in [0.717, 1.165) is 31.9 Å². The first kappa shape index (κ1) is 14.7. The predicted octanol–water partition coefficient (Wildman–Crippen LogP) is 1.48. The minimum atomic E-state index is -0.921. The van der Waals surface area contributed by atoms with E-state index in [2.05, 4.69) is 27.4 Å². The van der Waals surface area contributed by atoms with E-state index >= 15 is 0 Å². The van der Waals surface area contributed by atoms with Gasteiger partial charge >= 0.3 is 5.97 Å². The highest BCUT2D eigenvalue weighted by atomic mass is 16.4. The van der Waals surface area contributed by atoms with Crippen LogP contribution < -0.4 is 5.43 Å². The molecule has 0 saturated carbocycles. The summed E-state index contributed by atoms with van der Waals surface area (Å²) in [5.74, 6) is -0.115. The molecular formula is C14H22N4O2. The van der Waals surface area contributed by atoms with Crippen LogP contribution in [0.5, 0.6) is 0 Å². The molecular weight excluding hydrogens is 256 g/mol. The number of likely N-dealkylation sites (N-methyl/N-ethyl adjacent to an activating group) is 1. The Morgan fingerprint density at radius 1 is 1.30 bits per heavy atom. The van der Waals surface area contributed by atoms with Gasteiger partial charge in [-0.15, -0.1) is 0 Å². The number of aromatic nitrogens is 1. The van der Waals surface area contributed by atoms with Crippen molar-refractivity contribution in [2.75, 3.05) is 38.7 Å². The van der Waals surface area contributed by atoms with E-state index in [1.807, 2.05) is 13.8 Å². The number of piperazine rings is 1. The van der Waals surface area contributed by atoms with Gasteiger partial charge in [0.05, 0.1) is 5.56 Å². The fourth-order valence-electron chi connectivity index (χ4n) is 2.11. The van der Waals surface area contributed by atoms with Crippen LogP contribution in [-0.4, -0.2) is 59.2 Å². The van der Waals surface area contributed by atoms with Crippen LogP contribution in [0.4, 0.5) is 5.82 Å². The van der Waals surface area contributed by atoms with Gasteiger partial charge in [0, 0.05) is 31.9 Å². The van der Waals surface area contributed by atoms with Gasteiger partial charge in [0.15, 0.2) is 0 Å². The number of carboxylic acid groups (broad SMARTS) is 1. The van der Waals surface area contributed by atoms with Gasteiger partial charge in [-0.3, -0.25) is 0 Å². The van der Waals surface area contributed by atoms with Gasteiger partial charge < -0.3 is 15.4 Å². The van der Waals surface area contributed by atoms with E-state index in [1.165, 1.54) is 0 Å². The van der Waals surface area contributed by atoms with Crippen LogP contribution in [0, 0.1) is 0 Å². The Morgan fingerprint density at radius 3 is 2.50 bits per heavy atom. The first-order valence-corrected chi connectivity index (χ1v) is 6.91. The molecule has 2 N–H and O–H groups in total. The number of hydrazine groups is 1. The molecule has 110 valence electrons. The second kappa shape index (κ2) is 6.19. The number of nitrogens with zero attached hydrogens (tertiary/aromatic N) is 3. The number of nitrogens with one attached hydrogen (secondary N) is 1. The van der Waals surface area contributed by atoms with Crippen LogP contribution in [0.15, 0.2) is 12.1 Å². The van der Waals surface area contributed by atoms with Crippen molar-refractivity contribution in [1.82, 2.24) is 14.9 Å². The SMILES string of the molecule is CC(C)c1cc(C(=O)O)cc(NN2CCN(C)CC2)n1. The van der Waals surface area contributed by atoms with Crippen molar-refractivity contribution < 1.29 is 9.90 Å². The predicted molar refractivity (Wildman–Crippen MR) is 78.0 cm³/mol. The molecule has 1 aromatic rings. The van der Waals surface area contributed by atoms with Gasteiger partial charge in [-0.25, -0.2) is 14.8 Å². The third-order valence-electron chi connectivity index (χ3n) is 3.46. The average molecular weight is 278 g/mol. The van der Waals surface area contributed by atoms with Crippen molar-refractivity contribution in [3.63, 3.8) is 0 Å². The third kappa shape index (κ3) is 3.68. The summed E-state index contributed by atoms with van der Waals surface area (Å²) in [4.78, 5) is 17.9. The monoisotopic (exact) mass is 278 g/mol. The smallest absolute Gasteiger partial charge is 0.335 e. The highest BCUT2D eigenvalue weighted by Gasteiger charge is 2.16. The summed E-state index contributed by atoms with van der Waals surface area (Å²) >= 11 is 0. The lowest BCUT2D eigenvalue weighted by molar-refractivity contribution is 0.0696. The quantitative estimate of drug-likeness (QED) is 0.869. The summed E-state index contributed by atoms with van der Waals surface area (Å²) in [6.07, 6.45) is 0. The summed E-state index contributed by atoms with van der Waals surface area (Å²) < 4.78 is 0. The Labute approximate surface area is 119 Å². The molecule has 1 aliphatic heterocycles. The zero-order valence-corrected chi connectivity index (χ0v) is 12.3. The molecule has 2 heterocycles. The maximum absolute atomic E-state index is 11.2. The molecule has 0 unspecified atom stereocenters. The molecule has 0 atom stereocenters. The van der Waals surface area contributed by atoms with Gasteiger partial charge in [-0.2, -0.15) is 0 Å². The molecule has 0 radical (unpaired) electrons. The first-order valence-electron chi connectivity index (χ1n) is 6.91. The van der Waals surface area contributed by atoms with E-state index < -0.39 is 5.97 Å². The minimum absolute atomic E-state index is 0.197. The summed E-state index contributed by atoms with van der Waals surface area (Å²) in [6, 6.07) is 3.23. The number of carboxylic acids is 1. The van der Waals surface area contributed by atoms with E-state index in [4.69, 9.17) is 0 Å². The van der Waals surface area contributed by atoms with E-state index in [1.54, 1.807) is 12.1 Å². The highest BCUT2D eigenvalue weighted by Crippen LogP contribution is 2.18. The van der Waals surface area contributed by atoms with Crippen LogP contribution in [0.25, 0.3) is 0 Å². The van der Waals surface area contributed by atoms with Crippen LogP contribution in [-0.2, 0) is 0 Å². The normalized spacial score (nSPS) is 17.4. The number of anilines is 1. The second-order valence-electron chi connectivity index (χ2n) is 5.53. The molecule has 6 heteroatoms. The van der Waals surface area contributed by atoms with Gasteiger partial charge in [0.25, 0.3) is 0 Å².